The van der Waals surface area contributed by atoms with Crippen LogP contribution in [0.1, 0.15) is 6.42 Å². The predicted molar refractivity (Wildman–Crippen MR) is 69.5 cm³/mol. The molecule has 0 heterocycles. The lowest BCUT2D eigenvalue weighted by atomic mass is 10.3. The molecule has 0 radical (unpaired) electrons. The Morgan fingerprint density at radius 3 is 1.43 bits per heavy atom. The van der Waals surface area contributed by atoms with E-state index in [9.17, 15) is 69.6 Å². The van der Waals surface area contributed by atoms with Gasteiger partial charge in [-0.1, -0.05) is 0 Å². The number of hydrogen-bond donors (Lipinski definition) is 2. The average Bonchev–Trinajstić information content (AvgIpc) is 2.31. The first-order valence-electron chi connectivity index (χ1n) is 5.79. The average molecular weight is 498 g/mol. The van der Waals surface area contributed by atoms with Gasteiger partial charge in [-0.05, 0) is 0 Å². The van der Waals surface area contributed by atoms with E-state index in [-0.39, 0.29) is 15.1 Å². The molecule has 0 saturated carbocycles. The van der Waals surface area contributed by atoms with E-state index >= 15 is 0 Å². The molecule has 0 aromatic rings. The van der Waals surface area contributed by atoms with Gasteiger partial charge >= 0.3 is 32.6 Å². The molecule has 0 aliphatic rings. The van der Waals surface area contributed by atoms with Crippen LogP contribution >= 0.6 is 0 Å². The van der Waals surface area contributed by atoms with E-state index in [4.69, 9.17) is 0 Å². The van der Waals surface area contributed by atoms with Crippen LogP contribution in [-0.4, -0.2) is 60.0 Å². The Hall–Kier alpha value is -1.35. The molecule has 28 heavy (non-hydrogen) atoms. The van der Waals surface area contributed by atoms with Crippen LogP contribution in [0.2, 0.25) is 0 Å². The number of rotatable bonds is 8. The Labute approximate surface area is 150 Å². The summed E-state index contributed by atoms with van der Waals surface area (Å²) in [6, 6.07) is 0. The van der Waals surface area contributed by atoms with Gasteiger partial charge in [0, 0.05) is 0 Å². The van der Waals surface area contributed by atoms with Crippen molar-refractivity contribution in [1.82, 2.24) is 8.85 Å². The summed E-state index contributed by atoms with van der Waals surface area (Å²) < 4.78 is 181. The van der Waals surface area contributed by atoms with Crippen LogP contribution in [0, 0.1) is 0 Å². The zero-order valence-electron chi connectivity index (χ0n) is 12.7. The Kier molecular flexibility index (Phi) is 6.82. The van der Waals surface area contributed by atoms with Gasteiger partial charge < -0.3 is 0 Å². The third-order valence-electron chi connectivity index (χ3n) is 2.28. The Balaban J connectivity index is 6.20. The highest BCUT2D eigenvalue weighted by atomic mass is 32.3. The molecule has 0 atom stereocenters. The van der Waals surface area contributed by atoms with Gasteiger partial charge in [0.05, 0.1) is 6.26 Å². The van der Waals surface area contributed by atoms with Crippen molar-refractivity contribution in [3.8, 4) is 0 Å². The molecule has 0 fully saturated rings. The highest BCUT2D eigenvalue weighted by Gasteiger charge is 2.82. The molecule has 0 aromatic carbocycles. The maximum atomic E-state index is 13.5. The molecule has 2 N–H and O–H groups in total. The topological polar surface area (TPSA) is 144 Å². The zero-order valence-corrected chi connectivity index (χ0v) is 15.1. The minimum absolute atomic E-state index is 0.113. The lowest BCUT2D eigenvalue weighted by Crippen LogP contribution is -2.65. The van der Waals surface area contributed by atoms with Gasteiger partial charge in [-0.25, -0.2) is 21.6 Å². The van der Waals surface area contributed by atoms with Gasteiger partial charge in [0.1, 0.15) is 6.42 Å². The lowest BCUT2D eigenvalue weighted by molar-refractivity contribution is -0.244. The molecule has 0 bridgehead atoms. The second kappa shape index (κ2) is 7.16. The van der Waals surface area contributed by atoms with Crippen molar-refractivity contribution in [2.75, 3.05) is 6.26 Å². The van der Waals surface area contributed by atoms with Gasteiger partial charge in [-0.3, -0.25) is 4.79 Å². The van der Waals surface area contributed by atoms with Gasteiger partial charge in [0.2, 0.25) is 15.9 Å². The molecule has 0 spiro atoms. The summed E-state index contributed by atoms with van der Waals surface area (Å²) in [4.78, 5) is 10.7. The molecule has 1 amide bonds. The summed E-state index contributed by atoms with van der Waals surface area (Å²) in [6.45, 7) is 0. The smallest absolute Gasteiger partial charge is 0.274 e. The molecule has 168 valence electrons. The van der Waals surface area contributed by atoms with Crippen molar-refractivity contribution in [2.24, 2.45) is 0 Å². The van der Waals surface area contributed by atoms with Gasteiger partial charge in [0.15, 0.2) is 0 Å². The van der Waals surface area contributed by atoms with Crippen LogP contribution in [-0.2, 0) is 34.9 Å². The summed E-state index contributed by atoms with van der Waals surface area (Å²) in [5.41, 5.74) is 0. The second-order valence-corrected chi connectivity index (χ2v) is 10.2. The highest BCUT2D eigenvalue weighted by Crippen LogP contribution is 2.50. The number of sulfonamides is 3. The van der Waals surface area contributed by atoms with Crippen molar-refractivity contribution >= 4 is 36.0 Å². The predicted octanol–water partition coefficient (Wildman–Crippen LogP) is 0.0847. The fourth-order valence-corrected chi connectivity index (χ4v) is 4.70. The summed E-state index contributed by atoms with van der Waals surface area (Å²) in [7, 11) is -19.9. The summed E-state index contributed by atoms with van der Waals surface area (Å²) in [5.74, 6) is -10.4. The van der Waals surface area contributed by atoms with E-state index in [2.05, 4.69) is 0 Å². The van der Waals surface area contributed by atoms with Crippen LogP contribution in [0.5, 0.6) is 0 Å². The number of halogens is 9. The highest BCUT2D eigenvalue weighted by molar-refractivity contribution is 8.05. The monoisotopic (exact) mass is 498 g/mol. The summed E-state index contributed by atoms with van der Waals surface area (Å²) >= 11 is 0. The Morgan fingerprint density at radius 2 is 1.11 bits per heavy atom. The number of carbonyl (C=O) groups is 1. The maximum absolute atomic E-state index is 13.5. The largest absolute Gasteiger partial charge is 0.433 e. The number of nitrogens with one attached hydrogen (secondary N) is 2. The third kappa shape index (κ3) is 5.37. The third-order valence-corrected chi connectivity index (χ3v) is 6.72. The second-order valence-electron chi connectivity index (χ2n) is 4.79. The summed E-state index contributed by atoms with van der Waals surface area (Å²) in [5, 5.41) is -14.4. The first-order valence-corrected chi connectivity index (χ1v) is 10.6. The fraction of sp³-hybridized carbons (Fsp3) is 0.857. The molecule has 0 rings (SSSR count). The van der Waals surface area contributed by atoms with E-state index in [0.29, 0.717) is 0 Å². The number of amides is 1. The van der Waals surface area contributed by atoms with Gasteiger partial charge in [0.25, 0.3) is 10.0 Å². The maximum Gasteiger partial charge on any atom is 0.433 e. The standard InChI is InChI=1S/C7H7F9N2O7S3/c1-26(20,21)18-28(24,25)7(15,16)5(11,12)6(13,14)27(22,23)17-3(19)2-4(8,9)10/h18H,2H2,1H3,(H,17,19). The van der Waals surface area contributed by atoms with E-state index < -0.39 is 65.0 Å². The van der Waals surface area contributed by atoms with E-state index in [0.717, 1.165) is 0 Å². The summed E-state index contributed by atoms with van der Waals surface area (Å²) in [6.07, 6.45) is -8.51. The normalized spacial score (nSPS) is 15.4. The van der Waals surface area contributed by atoms with Crippen LogP contribution in [0.4, 0.5) is 39.5 Å². The molecule has 0 unspecified atom stereocenters. The molecule has 0 aliphatic heterocycles. The molecule has 0 aliphatic carbocycles. The van der Waals surface area contributed by atoms with Crippen molar-refractivity contribution in [3.63, 3.8) is 0 Å². The fourth-order valence-electron chi connectivity index (χ4n) is 1.19. The van der Waals surface area contributed by atoms with Crippen molar-refractivity contribution < 1.29 is 69.6 Å². The van der Waals surface area contributed by atoms with Gasteiger partial charge in [-0.2, -0.15) is 47.9 Å². The van der Waals surface area contributed by atoms with Crippen LogP contribution in [0.15, 0.2) is 0 Å². The molecule has 0 aromatic heterocycles. The molecular weight excluding hydrogens is 491 g/mol. The number of hydrogen-bond acceptors (Lipinski definition) is 7. The Morgan fingerprint density at radius 1 is 0.750 bits per heavy atom. The van der Waals surface area contributed by atoms with Crippen molar-refractivity contribution in [3.05, 3.63) is 0 Å². The van der Waals surface area contributed by atoms with Gasteiger partial charge in [-0.15, -0.1) is 4.13 Å². The quantitative estimate of drug-likeness (QED) is 0.452. The minimum atomic E-state index is -7.47. The van der Waals surface area contributed by atoms with Crippen molar-refractivity contribution in [1.29, 1.82) is 0 Å². The molecule has 0 saturated heterocycles. The molecule has 9 nitrogen and oxygen atoms in total. The lowest BCUT2D eigenvalue weighted by Gasteiger charge is -2.31. The van der Waals surface area contributed by atoms with E-state index in [1.165, 1.54) is 0 Å². The first-order chi connectivity index (χ1) is 11.8. The zero-order chi connectivity index (χ0) is 23.2. The first kappa shape index (κ1) is 26.6. The van der Waals surface area contributed by atoms with Crippen LogP contribution in [0.3, 0.4) is 0 Å². The number of alkyl halides is 9. The van der Waals surface area contributed by atoms with E-state index in [1.807, 2.05) is 0 Å². The Bertz CT molecular complexity index is 937. The minimum Gasteiger partial charge on any atom is -0.274 e. The molecule has 21 heteroatoms. The molecular formula is C7H7F9N2O7S3. The van der Waals surface area contributed by atoms with E-state index in [1.54, 1.807) is 0 Å². The van der Waals surface area contributed by atoms with Crippen molar-refractivity contribution in [2.45, 2.75) is 29.0 Å². The van der Waals surface area contributed by atoms with Crippen LogP contribution in [0.25, 0.3) is 0 Å². The number of carbonyl (C=O) groups excluding carboxylic acids is 1. The van der Waals surface area contributed by atoms with Crippen LogP contribution < -0.4 is 8.85 Å². The SMILES string of the molecule is CS(=O)(=O)NS(=O)(=O)C(F)(F)C(F)(F)C(F)(F)S(=O)(=O)NC(=O)CC(F)(F)F.